The monoisotopic (exact) mass is 201 g/mol. The Balaban J connectivity index is 2.61. The van der Waals surface area contributed by atoms with Crippen molar-refractivity contribution in [3.8, 4) is 0 Å². The largest absolute Gasteiger partial charge is 0.338 e. The minimum atomic E-state index is -0.424. The summed E-state index contributed by atoms with van der Waals surface area (Å²) >= 11 is 5.74. The molecule has 74 valence electrons. The highest BCUT2D eigenvalue weighted by Crippen LogP contribution is 2.21. The molecule has 1 aliphatic rings. The Morgan fingerprint density at radius 3 is 2.69 bits per heavy atom. The van der Waals surface area contributed by atoms with Crippen LogP contribution in [0.5, 0.6) is 0 Å². The van der Waals surface area contributed by atoms with Crippen molar-refractivity contribution in [3.05, 3.63) is 12.2 Å². The number of alkyl halides is 1. The van der Waals surface area contributed by atoms with Crippen LogP contribution in [0.3, 0.4) is 0 Å². The van der Waals surface area contributed by atoms with Crippen LogP contribution < -0.4 is 0 Å². The first-order chi connectivity index (χ1) is 6.08. The molecule has 0 saturated carbocycles. The van der Waals surface area contributed by atoms with Crippen molar-refractivity contribution in [1.82, 2.24) is 4.90 Å². The predicted molar refractivity (Wildman–Crippen MR) is 54.8 cm³/mol. The summed E-state index contributed by atoms with van der Waals surface area (Å²) < 4.78 is 0. The number of rotatable bonds is 2. The summed E-state index contributed by atoms with van der Waals surface area (Å²) in [5.41, 5.74) is -0.424. The van der Waals surface area contributed by atoms with Gasteiger partial charge in [0.1, 0.15) is 0 Å². The van der Waals surface area contributed by atoms with Gasteiger partial charge in [-0.3, -0.25) is 4.79 Å². The van der Waals surface area contributed by atoms with Crippen LogP contribution in [-0.4, -0.2) is 29.8 Å². The lowest BCUT2D eigenvalue weighted by atomic mass is 9.94. The van der Waals surface area contributed by atoms with E-state index in [0.717, 1.165) is 19.5 Å². The van der Waals surface area contributed by atoms with Crippen molar-refractivity contribution < 1.29 is 4.79 Å². The van der Waals surface area contributed by atoms with E-state index >= 15 is 0 Å². The van der Waals surface area contributed by atoms with Gasteiger partial charge in [0.2, 0.25) is 5.91 Å². The number of halogens is 1. The highest BCUT2D eigenvalue weighted by molar-refractivity contribution is 6.19. The van der Waals surface area contributed by atoms with Crippen molar-refractivity contribution >= 4 is 17.5 Å². The molecule has 0 N–H and O–H groups in total. The fourth-order valence-corrected chi connectivity index (χ4v) is 1.43. The molecule has 0 aromatic heterocycles. The number of nitrogens with zero attached hydrogens (tertiary/aromatic N) is 1. The van der Waals surface area contributed by atoms with Gasteiger partial charge in [-0.15, -0.1) is 11.6 Å². The molecule has 3 heteroatoms. The normalized spacial score (nSPS) is 17.6. The molecule has 0 radical (unpaired) electrons. The van der Waals surface area contributed by atoms with E-state index in [0.29, 0.717) is 5.88 Å². The summed E-state index contributed by atoms with van der Waals surface area (Å²) in [5.74, 6) is 0.540. The molecule has 1 aliphatic heterocycles. The van der Waals surface area contributed by atoms with Gasteiger partial charge < -0.3 is 4.90 Å². The van der Waals surface area contributed by atoms with Gasteiger partial charge >= 0.3 is 0 Å². The zero-order chi connectivity index (χ0) is 9.90. The van der Waals surface area contributed by atoms with E-state index in [1.54, 1.807) is 0 Å². The molecule has 0 unspecified atom stereocenters. The molecule has 2 nitrogen and oxygen atoms in total. The maximum Gasteiger partial charge on any atom is 0.229 e. The van der Waals surface area contributed by atoms with Crippen LogP contribution in [0.15, 0.2) is 12.2 Å². The maximum absolute atomic E-state index is 11.9. The standard InChI is InChI=1S/C10H16ClNO/c1-10(2,8-11)9(13)12-6-4-3-5-7-12/h3-4H,5-8H2,1-2H3. The summed E-state index contributed by atoms with van der Waals surface area (Å²) in [6.07, 6.45) is 5.10. The predicted octanol–water partition coefficient (Wildman–Crippen LogP) is 2.04. The number of carbonyl (C=O) groups is 1. The van der Waals surface area contributed by atoms with Crippen LogP contribution in [0.4, 0.5) is 0 Å². The summed E-state index contributed by atoms with van der Waals surface area (Å²) in [4.78, 5) is 13.7. The molecular weight excluding hydrogens is 186 g/mol. The van der Waals surface area contributed by atoms with Crippen LogP contribution in [0.25, 0.3) is 0 Å². The van der Waals surface area contributed by atoms with Crippen LogP contribution in [0.2, 0.25) is 0 Å². The van der Waals surface area contributed by atoms with E-state index in [9.17, 15) is 4.79 Å². The van der Waals surface area contributed by atoms with Gasteiger partial charge in [-0.2, -0.15) is 0 Å². The first kappa shape index (κ1) is 10.6. The Bertz CT molecular complexity index is 223. The smallest absolute Gasteiger partial charge is 0.229 e. The minimum Gasteiger partial charge on any atom is -0.338 e. The molecule has 0 spiro atoms. The topological polar surface area (TPSA) is 20.3 Å². The van der Waals surface area contributed by atoms with E-state index in [1.807, 2.05) is 24.8 Å². The van der Waals surface area contributed by atoms with Crippen molar-refractivity contribution in [3.63, 3.8) is 0 Å². The molecule has 0 aromatic carbocycles. The molecule has 0 fully saturated rings. The highest BCUT2D eigenvalue weighted by atomic mass is 35.5. The lowest BCUT2D eigenvalue weighted by Gasteiger charge is -2.31. The van der Waals surface area contributed by atoms with Crippen LogP contribution in [0.1, 0.15) is 20.3 Å². The number of carbonyl (C=O) groups excluding carboxylic acids is 1. The van der Waals surface area contributed by atoms with Crippen LogP contribution in [0, 0.1) is 5.41 Å². The van der Waals surface area contributed by atoms with E-state index in [4.69, 9.17) is 11.6 Å². The minimum absolute atomic E-state index is 0.159. The second-order valence-electron chi connectivity index (χ2n) is 4.03. The summed E-state index contributed by atoms with van der Waals surface area (Å²) in [5, 5.41) is 0. The van der Waals surface area contributed by atoms with Gasteiger partial charge in [0, 0.05) is 19.0 Å². The van der Waals surface area contributed by atoms with Crippen molar-refractivity contribution in [2.24, 2.45) is 5.41 Å². The Kier molecular flexibility index (Phi) is 3.37. The third-order valence-corrected chi connectivity index (χ3v) is 2.93. The SMILES string of the molecule is CC(C)(CCl)C(=O)N1CC=CCC1. The summed E-state index contributed by atoms with van der Waals surface area (Å²) in [7, 11) is 0. The summed E-state index contributed by atoms with van der Waals surface area (Å²) in [6, 6.07) is 0. The molecule has 1 rings (SSSR count). The van der Waals surface area contributed by atoms with Crippen LogP contribution in [-0.2, 0) is 4.79 Å². The average molecular weight is 202 g/mol. The lowest BCUT2D eigenvalue weighted by molar-refractivity contribution is -0.138. The molecule has 0 saturated heterocycles. The average Bonchev–Trinajstić information content (AvgIpc) is 2.18. The Labute approximate surface area is 84.6 Å². The third-order valence-electron chi connectivity index (χ3n) is 2.26. The second kappa shape index (κ2) is 4.14. The van der Waals surface area contributed by atoms with E-state index in [-0.39, 0.29) is 5.91 Å². The number of hydrogen-bond acceptors (Lipinski definition) is 1. The van der Waals surface area contributed by atoms with Gasteiger partial charge in [-0.25, -0.2) is 0 Å². The summed E-state index contributed by atoms with van der Waals surface area (Å²) in [6.45, 7) is 5.34. The van der Waals surface area contributed by atoms with Crippen molar-refractivity contribution in [1.29, 1.82) is 0 Å². The molecule has 13 heavy (non-hydrogen) atoms. The molecule has 1 heterocycles. The number of amides is 1. The lowest BCUT2D eigenvalue weighted by Crippen LogP contribution is -2.43. The molecule has 0 aliphatic carbocycles. The van der Waals surface area contributed by atoms with Gasteiger partial charge in [0.25, 0.3) is 0 Å². The van der Waals surface area contributed by atoms with E-state index < -0.39 is 5.41 Å². The van der Waals surface area contributed by atoms with Crippen molar-refractivity contribution in [2.45, 2.75) is 20.3 Å². The van der Waals surface area contributed by atoms with E-state index in [2.05, 4.69) is 6.08 Å². The molecule has 0 aromatic rings. The third kappa shape index (κ3) is 2.47. The van der Waals surface area contributed by atoms with Crippen molar-refractivity contribution in [2.75, 3.05) is 19.0 Å². The molecule has 0 bridgehead atoms. The fraction of sp³-hybridized carbons (Fsp3) is 0.700. The Morgan fingerprint density at radius 1 is 1.54 bits per heavy atom. The van der Waals surface area contributed by atoms with Gasteiger partial charge in [-0.1, -0.05) is 12.2 Å². The number of hydrogen-bond donors (Lipinski definition) is 0. The Morgan fingerprint density at radius 2 is 2.23 bits per heavy atom. The highest BCUT2D eigenvalue weighted by Gasteiger charge is 2.30. The molecule has 0 atom stereocenters. The zero-order valence-corrected chi connectivity index (χ0v) is 8.97. The first-order valence-electron chi connectivity index (χ1n) is 4.58. The zero-order valence-electron chi connectivity index (χ0n) is 8.22. The first-order valence-corrected chi connectivity index (χ1v) is 5.12. The second-order valence-corrected chi connectivity index (χ2v) is 4.30. The Hall–Kier alpha value is -0.500. The fourth-order valence-electron chi connectivity index (χ4n) is 1.31. The van der Waals surface area contributed by atoms with Gasteiger partial charge in [0.05, 0.1) is 5.41 Å². The van der Waals surface area contributed by atoms with Gasteiger partial charge in [0.15, 0.2) is 0 Å². The van der Waals surface area contributed by atoms with Gasteiger partial charge in [-0.05, 0) is 20.3 Å². The maximum atomic E-state index is 11.9. The quantitative estimate of drug-likeness (QED) is 0.495. The van der Waals surface area contributed by atoms with E-state index in [1.165, 1.54) is 0 Å². The molecular formula is C10H16ClNO. The van der Waals surface area contributed by atoms with Crippen LogP contribution >= 0.6 is 11.6 Å². The molecule has 1 amide bonds.